The molecule has 0 saturated heterocycles. The van der Waals surface area contributed by atoms with Gasteiger partial charge < -0.3 is 5.11 Å². The highest BCUT2D eigenvalue weighted by molar-refractivity contribution is 5.85. The number of carbonyl (C=O) groups is 1. The second-order valence-corrected chi connectivity index (χ2v) is 2.38. The fourth-order valence-corrected chi connectivity index (χ4v) is 0.823. The van der Waals surface area contributed by atoms with Crippen LogP contribution in [0, 0.1) is 6.92 Å². The van der Waals surface area contributed by atoms with E-state index in [1.54, 1.807) is 6.20 Å². The third-order valence-corrected chi connectivity index (χ3v) is 1.43. The highest BCUT2D eigenvalue weighted by atomic mass is 35.5. The first-order chi connectivity index (χ1) is 5.70. The van der Waals surface area contributed by atoms with Crippen LogP contribution in [0.3, 0.4) is 0 Å². The molecule has 0 aliphatic rings. The molecule has 0 spiro atoms. The van der Waals surface area contributed by atoms with E-state index >= 15 is 0 Å². The van der Waals surface area contributed by atoms with Crippen molar-refractivity contribution in [2.45, 2.75) is 6.92 Å². The lowest BCUT2D eigenvalue weighted by Crippen LogP contribution is -1.88. The van der Waals surface area contributed by atoms with Crippen molar-refractivity contribution in [3.8, 4) is 0 Å². The van der Waals surface area contributed by atoms with Crippen molar-refractivity contribution >= 4 is 24.5 Å². The summed E-state index contributed by atoms with van der Waals surface area (Å²) >= 11 is 0. The number of pyridine rings is 1. The molecule has 3 nitrogen and oxygen atoms in total. The Kier molecular flexibility index (Phi) is 4.77. The minimum Gasteiger partial charge on any atom is -0.478 e. The summed E-state index contributed by atoms with van der Waals surface area (Å²) in [4.78, 5) is 14.2. The van der Waals surface area contributed by atoms with Gasteiger partial charge in [-0.1, -0.05) is 6.07 Å². The molecule has 1 heterocycles. The molecule has 0 amide bonds. The number of aromatic nitrogens is 1. The van der Waals surface area contributed by atoms with Gasteiger partial charge in [-0.3, -0.25) is 4.98 Å². The third-order valence-electron chi connectivity index (χ3n) is 1.43. The molecule has 0 atom stereocenters. The fourth-order valence-electron chi connectivity index (χ4n) is 0.823. The summed E-state index contributed by atoms with van der Waals surface area (Å²) < 4.78 is 0. The number of carboxylic acid groups (broad SMARTS) is 1. The quantitative estimate of drug-likeness (QED) is 0.741. The number of aliphatic carboxylic acids is 1. The van der Waals surface area contributed by atoms with Crippen LogP contribution >= 0.6 is 12.4 Å². The first kappa shape index (κ1) is 11.6. The van der Waals surface area contributed by atoms with Gasteiger partial charge in [-0.15, -0.1) is 12.4 Å². The summed E-state index contributed by atoms with van der Waals surface area (Å²) in [5.41, 5.74) is 1.66. The monoisotopic (exact) mass is 199 g/mol. The number of nitrogens with zero attached hydrogens (tertiary/aromatic N) is 1. The molecule has 13 heavy (non-hydrogen) atoms. The van der Waals surface area contributed by atoms with Crippen LogP contribution in [0.15, 0.2) is 24.4 Å². The van der Waals surface area contributed by atoms with Crippen molar-refractivity contribution in [3.05, 3.63) is 35.7 Å². The van der Waals surface area contributed by atoms with Crippen molar-refractivity contribution in [1.82, 2.24) is 4.98 Å². The number of aryl methyl sites for hydroxylation is 1. The van der Waals surface area contributed by atoms with Crippen molar-refractivity contribution < 1.29 is 9.90 Å². The van der Waals surface area contributed by atoms with Gasteiger partial charge in [0.1, 0.15) is 0 Å². The van der Waals surface area contributed by atoms with Crippen molar-refractivity contribution in [3.63, 3.8) is 0 Å². The molecule has 0 aliphatic carbocycles. The summed E-state index contributed by atoms with van der Waals surface area (Å²) in [6, 6.07) is 3.70. The Labute approximate surface area is 82.5 Å². The summed E-state index contributed by atoms with van der Waals surface area (Å²) in [5, 5.41) is 8.35. The molecular weight excluding hydrogens is 190 g/mol. The zero-order chi connectivity index (χ0) is 8.97. The maximum atomic E-state index is 10.2. The van der Waals surface area contributed by atoms with Crippen LogP contribution in [-0.4, -0.2) is 16.1 Å². The maximum Gasteiger partial charge on any atom is 0.328 e. The highest BCUT2D eigenvalue weighted by Crippen LogP contribution is 2.04. The van der Waals surface area contributed by atoms with Crippen molar-refractivity contribution in [2.75, 3.05) is 0 Å². The zero-order valence-corrected chi connectivity index (χ0v) is 7.91. The van der Waals surface area contributed by atoms with E-state index in [1.807, 2.05) is 19.1 Å². The molecule has 70 valence electrons. The van der Waals surface area contributed by atoms with Gasteiger partial charge in [0.15, 0.2) is 0 Å². The van der Waals surface area contributed by atoms with E-state index in [1.165, 1.54) is 6.08 Å². The van der Waals surface area contributed by atoms with Crippen LogP contribution in [0.2, 0.25) is 0 Å². The Morgan fingerprint density at radius 1 is 1.62 bits per heavy atom. The zero-order valence-electron chi connectivity index (χ0n) is 7.10. The Hall–Kier alpha value is -1.35. The Morgan fingerprint density at radius 3 is 2.85 bits per heavy atom. The van der Waals surface area contributed by atoms with Gasteiger partial charge in [0.25, 0.3) is 0 Å². The lowest BCUT2D eigenvalue weighted by atomic mass is 10.2. The minimum absolute atomic E-state index is 0. The van der Waals surface area contributed by atoms with E-state index in [0.717, 1.165) is 11.6 Å². The third kappa shape index (κ3) is 3.71. The maximum absolute atomic E-state index is 10.2. The molecule has 0 saturated carbocycles. The molecule has 1 aromatic rings. The first-order valence-electron chi connectivity index (χ1n) is 3.53. The predicted octanol–water partition coefficient (Wildman–Crippen LogP) is 1.91. The lowest BCUT2D eigenvalue weighted by Gasteiger charge is -1.95. The van der Waals surface area contributed by atoms with Crippen molar-refractivity contribution in [1.29, 1.82) is 0 Å². The van der Waals surface area contributed by atoms with Crippen LogP contribution < -0.4 is 0 Å². The largest absolute Gasteiger partial charge is 0.478 e. The normalized spacial score (nSPS) is 9.62. The second kappa shape index (κ2) is 5.32. The highest BCUT2D eigenvalue weighted by Gasteiger charge is 1.93. The van der Waals surface area contributed by atoms with Gasteiger partial charge >= 0.3 is 5.97 Å². The molecule has 0 aromatic carbocycles. The van der Waals surface area contributed by atoms with E-state index in [-0.39, 0.29) is 12.4 Å². The Balaban J connectivity index is 0.00000144. The Bertz CT molecular complexity index is 323. The average molecular weight is 200 g/mol. The SMILES string of the molecule is Cc1cccnc1C=CC(=O)O.Cl. The molecule has 1 aromatic heterocycles. The summed E-state index contributed by atoms with van der Waals surface area (Å²) in [6.07, 6.45) is 4.20. The standard InChI is InChI=1S/C9H9NO2.ClH/c1-7-3-2-6-10-8(7)4-5-9(11)12;/h2-6H,1H3,(H,11,12);1H. The van der Waals surface area contributed by atoms with E-state index in [2.05, 4.69) is 4.98 Å². The van der Waals surface area contributed by atoms with Gasteiger partial charge in [0.05, 0.1) is 5.69 Å². The number of rotatable bonds is 2. The fraction of sp³-hybridized carbons (Fsp3) is 0.111. The molecule has 0 bridgehead atoms. The van der Waals surface area contributed by atoms with Crippen LogP contribution in [0.5, 0.6) is 0 Å². The van der Waals surface area contributed by atoms with Gasteiger partial charge in [-0.25, -0.2) is 4.79 Å². The Morgan fingerprint density at radius 2 is 2.31 bits per heavy atom. The van der Waals surface area contributed by atoms with Crippen LogP contribution in [0.1, 0.15) is 11.3 Å². The minimum atomic E-state index is -0.958. The topological polar surface area (TPSA) is 50.2 Å². The predicted molar refractivity (Wildman–Crippen MR) is 52.9 cm³/mol. The molecule has 0 unspecified atom stereocenters. The molecule has 0 fully saturated rings. The van der Waals surface area contributed by atoms with E-state index in [4.69, 9.17) is 5.11 Å². The molecule has 1 N–H and O–H groups in total. The number of halogens is 1. The van der Waals surface area contributed by atoms with Crippen LogP contribution in [-0.2, 0) is 4.79 Å². The molecule has 0 aliphatic heterocycles. The summed E-state index contributed by atoms with van der Waals surface area (Å²) in [7, 11) is 0. The van der Waals surface area contributed by atoms with Gasteiger partial charge in [0.2, 0.25) is 0 Å². The average Bonchev–Trinajstić information content (AvgIpc) is 2.03. The molecule has 1 rings (SSSR count). The number of hydrogen-bond acceptors (Lipinski definition) is 2. The summed E-state index contributed by atoms with van der Waals surface area (Å²) in [5.74, 6) is -0.958. The van der Waals surface area contributed by atoms with E-state index in [9.17, 15) is 4.79 Å². The van der Waals surface area contributed by atoms with Crippen LogP contribution in [0.25, 0.3) is 6.08 Å². The van der Waals surface area contributed by atoms with Gasteiger partial charge in [0, 0.05) is 12.3 Å². The molecular formula is C9H10ClNO2. The number of hydrogen-bond donors (Lipinski definition) is 1. The first-order valence-corrected chi connectivity index (χ1v) is 3.53. The molecule has 0 radical (unpaired) electrons. The smallest absolute Gasteiger partial charge is 0.328 e. The second-order valence-electron chi connectivity index (χ2n) is 2.38. The van der Waals surface area contributed by atoms with Gasteiger partial charge in [-0.2, -0.15) is 0 Å². The van der Waals surface area contributed by atoms with Gasteiger partial charge in [-0.05, 0) is 24.6 Å². The van der Waals surface area contributed by atoms with Crippen molar-refractivity contribution in [2.24, 2.45) is 0 Å². The van der Waals surface area contributed by atoms with E-state index in [0.29, 0.717) is 5.69 Å². The summed E-state index contributed by atoms with van der Waals surface area (Å²) in [6.45, 7) is 1.88. The van der Waals surface area contributed by atoms with E-state index < -0.39 is 5.97 Å². The molecule has 4 heteroatoms. The lowest BCUT2D eigenvalue weighted by molar-refractivity contribution is -0.131. The van der Waals surface area contributed by atoms with Crippen LogP contribution in [0.4, 0.5) is 0 Å². The number of carboxylic acids is 1.